The first-order valence-electron chi connectivity index (χ1n) is 5.29. The fraction of sp³-hybridized carbons (Fsp3) is 0.778. The zero-order valence-electron chi connectivity index (χ0n) is 9.79. The molecule has 0 aromatic rings. The van der Waals surface area contributed by atoms with E-state index in [2.05, 4.69) is 5.32 Å². The Morgan fingerprint density at radius 3 is 2.50 bits per heavy atom. The van der Waals surface area contributed by atoms with Crippen LogP contribution in [0.3, 0.4) is 0 Å². The quantitative estimate of drug-likeness (QED) is 0.638. The lowest BCUT2D eigenvalue weighted by Gasteiger charge is -2.15. The zero-order valence-corrected chi connectivity index (χ0v) is 11.4. The molecule has 1 amide bonds. The predicted octanol–water partition coefficient (Wildman–Crippen LogP) is -1.49. The van der Waals surface area contributed by atoms with Gasteiger partial charge in [-0.2, -0.15) is 0 Å². The molecule has 0 aromatic heterocycles. The second-order valence-electron chi connectivity index (χ2n) is 4.16. The maximum atomic E-state index is 11.9. The largest absolute Gasteiger partial charge is 0.480 e. The van der Waals surface area contributed by atoms with Gasteiger partial charge in [0.25, 0.3) is 0 Å². The zero-order chi connectivity index (χ0) is 13.9. The van der Waals surface area contributed by atoms with Crippen molar-refractivity contribution in [3.63, 3.8) is 0 Å². The van der Waals surface area contributed by atoms with Crippen LogP contribution in [0.1, 0.15) is 13.3 Å². The van der Waals surface area contributed by atoms with E-state index in [0.717, 1.165) is 0 Å². The summed E-state index contributed by atoms with van der Waals surface area (Å²) in [5, 5.41) is 10.5. The summed E-state index contributed by atoms with van der Waals surface area (Å²) in [6.07, 6.45) is 0.279. The number of carbonyl (C=O) groups is 2. The average molecular weight is 297 g/mol. The molecule has 1 aliphatic heterocycles. The number of carboxylic acid groups (broad SMARTS) is 1. The van der Waals surface area contributed by atoms with E-state index < -0.39 is 43.8 Å². The van der Waals surface area contributed by atoms with Crippen molar-refractivity contribution in [3.05, 3.63) is 0 Å². The van der Waals surface area contributed by atoms with Crippen LogP contribution < -0.4 is 5.32 Å². The molecular weight excluding hydrogens is 282 g/mol. The summed E-state index contributed by atoms with van der Waals surface area (Å²) in [4.78, 5) is 21.6. The van der Waals surface area contributed by atoms with E-state index in [-0.39, 0.29) is 23.7 Å². The standard InChI is InChI=1S/C9H15NO6S2/c1-6(11)10-8(9(12)13)4-17(14)7-2-3-18(15,16)5-7/h7-8H,2-5H2,1H3,(H,10,11)(H,12,13)/t7?,8-,17?/m0/s1. The molecule has 0 radical (unpaired) electrons. The van der Waals surface area contributed by atoms with E-state index in [1.807, 2.05) is 0 Å². The van der Waals surface area contributed by atoms with Gasteiger partial charge >= 0.3 is 5.97 Å². The highest BCUT2D eigenvalue weighted by molar-refractivity contribution is 7.94. The third-order valence-corrected chi connectivity index (χ3v) is 6.36. The SMILES string of the molecule is CC(=O)N[C@@H](CS(=O)C1CCS(=O)(=O)C1)C(=O)O. The highest BCUT2D eigenvalue weighted by atomic mass is 32.2. The summed E-state index contributed by atoms with van der Waals surface area (Å²) >= 11 is 0. The molecule has 3 atom stereocenters. The Balaban J connectivity index is 2.62. The Hall–Kier alpha value is -0.960. The number of sulfone groups is 1. The maximum absolute atomic E-state index is 11.9. The van der Waals surface area contributed by atoms with Crippen molar-refractivity contribution in [2.75, 3.05) is 17.3 Å². The van der Waals surface area contributed by atoms with Crippen LogP contribution in [0, 0.1) is 0 Å². The summed E-state index contributed by atoms with van der Waals surface area (Å²) in [5.74, 6) is -2.26. The molecule has 1 aliphatic rings. The number of rotatable bonds is 5. The van der Waals surface area contributed by atoms with Crippen molar-refractivity contribution < 1.29 is 27.3 Å². The van der Waals surface area contributed by atoms with Crippen molar-refractivity contribution in [1.29, 1.82) is 0 Å². The summed E-state index contributed by atoms with van der Waals surface area (Å²) in [5.41, 5.74) is 0. The molecule has 0 spiro atoms. The van der Waals surface area contributed by atoms with Crippen molar-refractivity contribution in [3.8, 4) is 0 Å². The van der Waals surface area contributed by atoms with Crippen LogP contribution in [-0.4, -0.2) is 58.2 Å². The molecule has 0 saturated carbocycles. The lowest BCUT2D eigenvalue weighted by atomic mass is 10.3. The van der Waals surface area contributed by atoms with Crippen molar-refractivity contribution >= 4 is 32.5 Å². The van der Waals surface area contributed by atoms with Gasteiger partial charge in [0.2, 0.25) is 5.91 Å². The second-order valence-corrected chi connectivity index (χ2v) is 8.15. The van der Waals surface area contributed by atoms with Crippen molar-refractivity contribution in [1.82, 2.24) is 5.32 Å². The van der Waals surface area contributed by atoms with Crippen LogP contribution in [0.2, 0.25) is 0 Å². The van der Waals surface area contributed by atoms with Crippen LogP contribution in [-0.2, 0) is 30.2 Å². The molecule has 0 aromatic carbocycles. The van der Waals surface area contributed by atoms with Crippen molar-refractivity contribution in [2.24, 2.45) is 0 Å². The molecule has 18 heavy (non-hydrogen) atoms. The van der Waals surface area contributed by atoms with E-state index in [4.69, 9.17) is 5.11 Å². The normalized spacial score (nSPS) is 25.3. The summed E-state index contributed by atoms with van der Waals surface area (Å²) < 4.78 is 34.3. The van der Waals surface area contributed by atoms with Gasteiger partial charge in [-0.1, -0.05) is 0 Å². The third-order valence-electron chi connectivity index (χ3n) is 2.57. The molecule has 0 bridgehead atoms. The first kappa shape index (κ1) is 15.1. The molecule has 1 rings (SSSR count). The number of nitrogens with one attached hydrogen (secondary N) is 1. The molecule has 1 fully saturated rings. The lowest BCUT2D eigenvalue weighted by Crippen LogP contribution is -2.44. The number of hydrogen-bond acceptors (Lipinski definition) is 5. The molecule has 9 heteroatoms. The van der Waals surface area contributed by atoms with Gasteiger partial charge in [0, 0.05) is 23.0 Å². The smallest absolute Gasteiger partial charge is 0.327 e. The van der Waals surface area contributed by atoms with Gasteiger partial charge in [0.15, 0.2) is 9.84 Å². The molecule has 1 heterocycles. The van der Waals surface area contributed by atoms with E-state index in [0.29, 0.717) is 0 Å². The first-order chi connectivity index (χ1) is 8.21. The molecule has 2 unspecified atom stereocenters. The van der Waals surface area contributed by atoms with E-state index in [9.17, 15) is 22.2 Å². The minimum absolute atomic E-state index is 0.0126. The number of hydrogen-bond donors (Lipinski definition) is 2. The molecular formula is C9H15NO6S2. The molecule has 2 N–H and O–H groups in total. The second kappa shape index (κ2) is 5.79. The van der Waals surface area contributed by atoms with Gasteiger partial charge < -0.3 is 10.4 Å². The average Bonchev–Trinajstić information content (AvgIpc) is 2.57. The van der Waals surface area contributed by atoms with Crippen LogP contribution in [0.15, 0.2) is 0 Å². The number of carbonyl (C=O) groups excluding carboxylic acids is 1. The van der Waals surface area contributed by atoms with E-state index in [1.165, 1.54) is 6.92 Å². The number of aliphatic carboxylic acids is 1. The molecule has 104 valence electrons. The van der Waals surface area contributed by atoms with Crippen LogP contribution in [0.25, 0.3) is 0 Å². The van der Waals surface area contributed by atoms with E-state index in [1.54, 1.807) is 0 Å². The predicted molar refractivity (Wildman–Crippen MR) is 65.3 cm³/mol. The third kappa shape index (κ3) is 4.37. The lowest BCUT2D eigenvalue weighted by molar-refractivity contribution is -0.140. The summed E-state index contributed by atoms with van der Waals surface area (Å²) in [7, 11) is -4.73. The molecule has 1 saturated heterocycles. The van der Waals surface area contributed by atoms with Crippen LogP contribution in [0.4, 0.5) is 0 Å². The topological polar surface area (TPSA) is 118 Å². The molecule has 0 aliphatic carbocycles. The molecule has 7 nitrogen and oxygen atoms in total. The van der Waals surface area contributed by atoms with Crippen LogP contribution >= 0.6 is 0 Å². The van der Waals surface area contributed by atoms with Crippen molar-refractivity contribution in [2.45, 2.75) is 24.6 Å². The highest BCUT2D eigenvalue weighted by Crippen LogP contribution is 2.17. The monoisotopic (exact) mass is 297 g/mol. The highest BCUT2D eigenvalue weighted by Gasteiger charge is 2.34. The van der Waals surface area contributed by atoms with Gasteiger partial charge in [-0.15, -0.1) is 0 Å². The van der Waals surface area contributed by atoms with Gasteiger partial charge in [-0.3, -0.25) is 9.00 Å². The summed E-state index contributed by atoms with van der Waals surface area (Å²) in [6, 6.07) is -1.24. The fourth-order valence-electron chi connectivity index (χ4n) is 1.69. The Bertz CT molecular complexity index is 471. The van der Waals surface area contributed by atoms with Gasteiger partial charge in [-0.25, -0.2) is 13.2 Å². The van der Waals surface area contributed by atoms with Gasteiger partial charge in [0.05, 0.1) is 17.3 Å². The first-order valence-corrected chi connectivity index (χ1v) is 8.49. The Kier molecular flexibility index (Phi) is 4.85. The number of carboxylic acids is 1. The van der Waals surface area contributed by atoms with Crippen LogP contribution in [0.5, 0.6) is 0 Å². The summed E-state index contributed by atoms with van der Waals surface area (Å²) in [6.45, 7) is 1.17. The Morgan fingerprint density at radius 2 is 2.11 bits per heavy atom. The minimum Gasteiger partial charge on any atom is -0.480 e. The minimum atomic E-state index is -3.15. The van der Waals surface area contributed by atoms with Gasteiger partial charge in [0.1, 0.15) is 6.04 Å². The number of amides is 1. The maximum Gasteiger partial charge on any atom is 0.327 e. The Labute approximate surface area is 107 Å². The fourth-order valence-corrected chi connectivity index (χ4v) is 5.82. The Morgan fingerprint density at radius 1 is 1.50 bits per heavy atom. The van der Waals surface area contributed by atoms with Gasteiger partial charge in [-0.05, 0) is 6.42 Å². The van der Waals surface area contributed by atoms with E-state index >= 15 is 0 Å².